The van der Waals surface area contributed by atoms with Gasteiger partial charge in [-0.2, -0.15) is 13.2 Å². The molecule has 0 aliphatic carbocycles. The van der Waals surface area contributed by atoms with Gasteiger partial charge in [-0.25, -0.2) is 4.39 Å². The van der Waals surface area contributed by atoms with Crippen LogP contribution in [-0.4, -0.2) is 26.4 Å². The molecule has 40 heavy (non-hydrogen) atoms. The minimum absolute atomic E-state index is 0.0232. The monoisotopic (exact) mass is 548 g/mol. The van der Waals surface area contributed by atoms with E-state index in [2.05, 4.69) is 20.1 Å². The summed E-state index contributed by atoms with van der Waals surface area (Å²) in [6.45, 7) is 3.44. The van der Waals surface area contributed by atoms with Crippen LogP contribution in [0.1, 0.15) is 70.2 Å². The van der Waals surface area contributed by atoms with Crippen molar-refractivity contribution in [2.75, 3.05) is 0 Å². The molecule has 1 unspecified atom stereocenters. The number of carbonyl (C=O) groups is 1. The molecule has 0 N–H and O–H groups in total. The summed E-state index contributed by atoms with van der Waals surface area (Å²) in [6.07, 6.45) is -0.571. The van der Waals surface area contributed by atoms with Gasteiger partial charge in [0.2, 0.25) is 0 Å². The number of halogens is 4. The standard InChI is InChI=1S/C30H24F4N4O2/c1-17-9-23(31)29(37-15-17)21-12-19(26-14-28(40-38-26)25-5-3-4-8-35-25)11-20(13-21)27(39)10-18(2)24-7-6-22(16-36-24)30(32,33)34/h3-9,11-13,15-16,18,28H,10,14H2,1-2H3/t18-,28?/m0/s1. The Kier molecular flexibility index (Phi) is 7.42. The molecule has 0 saturated carbocycles. The van der Waals surface area contributed by atoms with Gasteiger partial charge in [-0.05, 0) is 61.0 Å². The van der Waals surface area contributed by atoms with E-state index in [1.165, 1.54) is 18.3 Å². The molecule has 0 radical (unpaired) electrons. The number of hydrogen-bond acceptors (Lipinski definition) is 6. The molecule has 1 aromatic carbocycles. The summed E-state index contributed by atoms with van der Waals surface area (Å²) in [5, 5.41) is 4.22. The highest BCUT2D eigenvalue weighted by atomic mass is 19.4. The summed E-state index contributed by atoms with van der Waals surface area (Å²) in [5.74, 6) is -1.28. The highest BCUT2D eigenvalue weighted by Crippen LogP contribution is 2.33. The van der Waals surface area contributed by atoms with Crippen molar-refractivity contribution in [1.29, 1.82) is 0 Å². The summed E-state index contributed by atoms with van der Waals surface area (Å²) in [5.41, 5.74) is 2.76. The quantitative estimate of drug-likeness (QED) is 0.180. The second-order valence-corrected chi connectivity index (χ2v) is 9.73. The SMILES string of the molecule is Cc1cnc(-c2cc(C(=O)C[C@H](C)c3ccc(C(F)(F)F)cn3)cc(C3=NOC(c4ccccn4)C3)c2)c(F)c1. The van der Waals surface area contributed by atoms with Crippen LogP contribution in [0.25, 0.3) is 11.3 Å². The van der Waals surface area contributed by atoms with Gasteiger partial charge in [-0.1, -0.05) is 18.1 Å². The van der Waals surface area contributed by atoms with Crippen LogP contribution in [0.4, 0.5) is 17.6 Å². The number of carbonyl (C=O) groups excluding carboxylic acids is 1. The summed E-state index contributed by atoms with van der Waals surface area (Å²) in [7, 11) is 0. The lowest BCUT2D eigenvalue weighted by atomic mass is 9.92. The molecule has 6 nitrogen and oxygen atoms in total. The van der Waals surface area contributed by atoms with Gasteiger partial charge in [0.1, 0.15) is 11.5 Å². The topological polar surface area (TPSA) is 77.3 Å². The molecule has 1 aliphatic rings. The Morgan fingerprint density at radius 1 is 1.02 bits per heavy atom. The molecule has 2 atom stereocenters. The highest BCUT2D eigenvalue weighted by Gasteiger charge is 2.31. The van der Waals surface area contributed by atoms with Gasteiger partial charge in [-0.3, -0.25) is 19.7 Å². The number of hydrogen-bond donors (Lipinski definition) is 0. The van der Waals surface area contributed by atoms with Gasteiger partial charge in [0.25, 0.3) is 0 Å². The van der Waals surface area contributed by atoms with Crippen molar-refractivity contribution in [3.8, 4) is 11.3 Å². The number of Topliss-reactive ketones (excluding diaryl/α,β-unsaturated/α-hetero) is 1. The van der Waals surface area contributed by atoms with E-state index in [0.29, 0.717) is 40.2 Å². The third kappa shape index (κ3) is 5.90. The Bertz CT molecular complexity index is 1570. The number of rotatable bonds is 7. The Balaban J connectivity index is 1.45. The zero-order valence-electron chi connectivity index (χ0n) is 21.6. The van der Waals surface area contributed by atoms with Gasteiger partial charge >= 0.3 is 6.18 Å². The first-order chi connectivity index (χ1) is 19.1. The summed E-state index contributed by atoms with van der Waals surface area (Å²) >= 11 is 0. The highest BCUT2D eigenvalue weighted by molar-refractivity contribution is 6.05. The minimum atomic E-state index is -4.50. The maximum atomic E-state index is 14.9. The Morgan fingerprint density at radius 3 is 2.50 bits per heavy atom. The molecule has 10 heteroatoms. The van der Waals surface area contributed by atoms with Crippen LogP contribution in [0.2, 0.25) is 0 Å². The van der Waals surface area contributed by atoms with Crippen molar-refractivity contribution in [1.82, 2.24) is 15.0 Å². The maximum Gasteiger partial charge on any atom is 0.417 e. The van der Waals surface area contributed by atoms with Crippen LogP contribution >= 0.6 is 0 Å². The van der Waals surface area contributed by atoms with E-state index in [4.69, 9.17) is 4.84 Å². The molecule has 4 heterocycles. The molecular weight excluding hydrogens is 524 g/mol. The zero-order valence-corrected chi connectivity index (χ0v) is 21.6. The Labute approximate surface area is 227 Å². The fourth-order valence-electron chi connectivity index (χ4n) is 4.48. The molecule has 0 bridgehead atoms. The first-order valence-corrected chi connectivity index (χ1v) is 12.6. The number of aryl methyl sites for hydroxylation is 1. The van der Waals surface area contributed by atoms with Gasteiger partial charge in [0.05, 0.1) is 17.0 Å². The first kappa shape index (κ1) is 27.1. The number of ketones is 1. The van der Waals surface area contributed by atoms with E-state index in [1.807, 2.05) is 12.1 Å². The third-order valence-corrected chi connectivity index (χ3v) is 6.64. The molecule has 3 aromatic heterocycles. The Hall–Kier alpha value is -4.47. The summed E-state index contributed by atoms with van der Waals surface area (Å²) < 4.78 is 53.7. The van der Waals surface area contributed by atoms with Crippen LogP contribution < -0.4 is 0 Å². The summed E-state index contributed by atoms with van der Waals surface area (Å²) in [6, 6.07) is 14.0. The van der Waals surface area contributed by atoms with Gasteiger partial charge in [0.15, 0.2) is 11.9 Å². The Morgan fingerprint density at radius 2 is 1.82 bits per heavy atom. The van der Waals surface area contributed by atoms with Crippen LogP contribution in [0.15, 0.2) is 78.3 Å². The van der Waals surface area contributed by atoms with E-state index in [-0.39, 0.29) is 23.5 Å². The number of nitrogens with zero attached hydrogens (tertiary/aromatic N) is 4. The van der Waals surface area contributed by atoms with Crippen molar-refractivity contribution >= 4 is 11.5 Å². The lowest BCUT2D eigenvalue weighted by Gasteiger charge is -2.14. The fourth-order valence-corrected chi connectivity index (χ4v) is 4.48. The van der Waals surface area contributed by atoms with Crippen LogP contribution in [0.5, 0.6) is 0 Å². The van der Waals surface area contributed by atoms with E-state index in [9.17, 15) is 22.4 Å². The second kappa shape index (κ2) is 11.0. The van der Waals surface area contributed by atoms with Gasteiger partial charge in [0, 0.05) is 59.7 Å². The van der Waals surface area contributed by atoms with E-state index in [1.54, 1.807) is 44.3 Å². The number of aromatic nitrogens is 3. The van der Waals surface area contributed by atoms with Crippen molar-refractivity contribution in [2.45, 2.75) is 44.9 Å². The minimum Gasteiger partial charge on any atom is -0.385 e. The van der Waals surface area contributed by atoms with Crippen molar-refractivity contribution in [2.24, 2.45) is 5.16 Å². The predicted octanol–water partition coefficient (Wildman–Crippen LogP) is 7.25. The number of benzene rings is 1. The zero-order chi connectivity index (χ0) is 28.4. The van der Waals surface area contributed by atoms with Crippen molar-refractivity contribution in [3.05, 3.63) is 113 Å². The fraction of sp³-hybridized carbons (Fsp3) is 0.233. The lowest BCUT2D eigenvalue weighted by molar-refractivity contribution is -0.137. The molecular formula is C30H24F4N4O2. The molecule has 0 amide bonds. The van der Waals surface area contributed by atoms with E-state index >= 15 is 0 Å². The molecule has 1 aliphatic heterocycles. The molecule has 4 aromatic rings. The number of oxime groups is 1. The molecule has 0 saturated heterocycles. The molecule has 0 fully saturated rings. The summed E-state index contributed by atoms with van der Waals surface area (Å²) in [4.78, 5) is 31.5. The van der Waals surface area contributed by atoms with Crippen molar-refractivity contribution < 1.29 is 27.2 Å². The smallest absolute Gasteiger partial charge is 0.385 e. The van der Waals surface area contributed by atoms with Gasteiger partial charge < -0.3 is 4.84 Å². The first-order valence-electron chi connectivity index (χ1n) is 12.6. The predicted molar refractivity (Wildman–Crippen MR) is 140 cm³/mol. The molecule has 0 spiro atoms. The van der Waals surface area contributed by atoms with Crippen LogP contribution in [0.3, 0.4) is 0 Å². The number of alkyl halides is 3. The maximum absolute atomic E-state index is 14.9. The largest absolute Gasteiger partial charge is 0.417 e. The second-order valence-electron chi connectivity index (χ2n) is 9.73. The third-order valence-electron chi connectivity index (χ3n) is 6.64. The van der Waals surface area contributed by atoms with Crippen LogP contribution in [-0.2, 0) is 11.0 Å². The van der Waals surface area contributed by atoms with E-state index in [0.717, 1.165) is 12.3 Å². The lowest BCUT2D eigenvalue weighted by Crippen LogP contribution is -2.10. The number of pyridine rings is 3. The van der Waals surface area contributed by atoms with E-state index < -0.39 is 29.6 Å². The molecule has 5 rings (SSSR count). The average Bonchev–Trinajstić information content (AvgIpc) is 3.43. The van der Waals surface area contributed by atoms with Gasteiger partial charge in [-0.15, -0.1) is 0 Å². The average molecular weight is 549 g/mol. The normalized spacial score (nSPS) is 15.8. The van der Waals surface area contributed by atoms with Crippen molar-refractivity contribution in [3.63, 3.8) is 0 Å². The molecule has 204 valence electrons. The van der Waals surface area contributed by atoms with Crippen LogP contribution in [0, 0.1) is 12.7 Å².